The average molecular weight is 392 g/mol. The van der Waals surface area contributed by atoms with Gasteiger partial charge < -0.3 is 4.43 Å². The van der Waals surface area contributed by atoms with E-state index in [1.807, 2.05) is 0 Å². The molecule has 4 rings (SSSR count). The Bertz CT molecular complexity index is 657. The predicted molar refractivity (Wildman–Crippen MR) is 121 cm³/mol. The van der Waals surface area contributed by atoms with E-state index in [1.165, 1.54) is 81.8 Å². The Kier molecular flexibility index (Phi) is 9.32. The van der Waals surface area contributed by atoms with Crippen LogP contribution in [0.25, 0.3) is 11.1 Å². The number of hydrogen-bond acceptors (Lipinski definition) is 1. The first-order chi connectivity index (χ1) is 13.9. The fourth-order valence-electron chi connectivity index (χ4n) is 4.85. The summed E-state index contributed by atoms with van der Waals surface area (Å²) in [6.45, 7) is 0.877. The van der Waals surface area contributed by atoms with Crippen LogP contribution in [0.1, 0.15) is 82.1 Å². The number of hydrogen-bond donors (Lipinski definition) is 0. The molecule has 149 valence electrons. The Hall–Kier alpha value is -1.38. The van der Waals surface area contributed by atoms with E-state index in [0.717, 1.165) is 18.4 Å². The first kappa shape index (κ1) is 21.3. The van der Waals surface area contributed by atoms with E-state index < -0.39 is 0 Å². The minimum absolute atomic E-state index is 0.773. The Morgan fingerprint density at radius 1 is 0.714 bits per heavy atom. The summed E-state index contributed by atoms with van der Waals surface area (Å²) in [4.78, 5) is 0. The van der Waals surface area contributed by atoms with Crippen LogP contribution in [0.5, 0.6) is 0 Å². The lowest BCUT2D eigenvalue weighted by Crippen LogP contribution is -2.08. The van der Waals surface area contributed by atoms with E-state index in [9.17, 15) is 0 Å². The predicted octanol–water partition coefficient (Wildman–Crippen LogP) is 7.46. The first-order valence-electron chi connectivity index (χ1n) is 11.3. The highest BCUT2D eigenvalue weighted by Crippen LogP contribution is 2.37. The summed E-state index contributed by atoms with van der Waals surface area (Å²) in [6, 6.07) is 19.8. The smallest absolute Gasteiger partial charge is 0.246 e. The van der Waals surface area contributed by atoms with Gasteiger partial charge in [0, 0.05) is 6.61 Å². The fraction of sp³-hybridized carbons (Fsp3) is 0.538. The van der Waals surface area contributed by atoms with Crippen molar-refractivity contribution in [2.75, 3.05) is 6.61 Å². The number of benzene rings is 2. The van der Waals surface area contributed by atoms with Gasteiger partial charge >= 0.3 is 0 Å². The van der Waals surface area contributed by atoms with Gasteiger partial charge in [-0.3, -0.25) is 0 Å². The van der Waals surface area contributed by atoms with Crippen molar-refractivity contribution in [1.29, 1.82) is 0 Å². The van der Waals surface area contributed by atoms with E-state index in [-0.39, 0.29) is 0 Å². The zero-order valence-electron chi connectivity index (χ0n) is 17.2. The van der Waals surface area contributed by atoms with Gasteiger partial charge in [0.15, 0.2) is 0 Å². The molecule has 0 aromatic heterocycles. The third-order valence-corrected chi connectivity index (χ3v) is 6.65. The first-order valence-corrected chi connectivity index (χ1v) is 11.7. The molecule has 1 nitrogen and oxygen atoms in total. The van der Waals surface area contributed by atoms with E-state index >= 15 is 0 Å². The van der Waals surface area contributed by atoms with Gasteiger partial charge in [-0.1, -0.05) is 106 Å². The topological polar surface area (TPSA) is 9.23 Å². The van der Waals surface area contributed by atoms with Crippen molar-refractivity contribution in [2.24, 2.45) is 5.92 Å². The molecule has 0 bridgehead atoms. The molecule has 0 atom stereocenters. The molecule has 2 saturated carbocycles. The molecular weight excluding hydrogens is 356 g/mol. The van der Waals surface area contributed by atoms with Gasteiger partial charge in [-0.05, 0) is 47.8 Å². The van der Waals surface area contributed by atoms with Crippen molar-refractivity contribution in [2.45, 2.75) is 76.5 Å². The maximum atomic E-state index is 4.85. The molecule has 0 spiro atoms. The monoisotopic (exact) mass is 391 g/mol. The third kappa shape index (κ3) is 6.60. The molecule has 2 aromatic rings. The molecule has 2 aliphatic carbocycles. The van der Waals surface area contributed by atoms with E-state index in [4.69, 9.17) is 4.43 Å². The van der Waals surface area contributed by atoms with Crippen molar-refractivity contribution in [3.05, 3.63) is 60.2 Å². The molecular formula is C26H35OSi. The maximum absolute atomic E-state index is 4.85. The van der Waals surface area contributed by atoms with Gasteiger partial charge in [0.25, 0.3) is 0 Å². The second-order valence-corrected chi connectivity index (χ2v) is 8.72. The molecule has 3 radical (unpaired) electrons. The Balaban J connectivity index is 0.000000192. The molecule has 0 aliphatic heterocycles. The lowest BCUT2D eigenvalue weighted by atomic mass is 9.81. The van der Waals surface area contributed by atoms with Gasteiger partial charge in [0.2, 0.25) is 10.5 Å². The summed E-state index contributed by atoms with van der Waals surface area (Å²) in [5, 5.41) is 0. The molecule has 0 N–H and O–H groups in total. The van der Waals surface area contributed by atoms with Gasteiger partial charge in [-0.2, -0.15) is 0 Å². The van der Waals surface area contributed by atoms with Crippen molar-refractivity contribution in [1.82, 2.24) is 0 Å². The van der Waals surface area contributed by atoms with Crippen molar-refractivity contribution >= 4 is 10.5 Å². The number of rotatable bonds is 5. The Morgan fingerprint density at radius 2 is 1.32 bits per heavy atom. The third-order valence-electron chi connectivity index (χ3n) is 6.44. The molecule has 28 heavy (non-hydrogen) atoms. The van der Waals surface area contributed by atoms with Crippen LogP contribution in [0.3, 0.4) is 0 Å². The SMILES string of the molecule is [Si]OCCC1CCCCC1.c1ccc(-c2ccccc2C2CCCCC2)cc1. The summed E-state index contributed by atoms with van der Waals surface area (Å²) in [6.07, 6.45) is 15.4. The zero-order chi connectivity index (χ0) is 19.4. The zero-order valence-corrected chi connectivity index (χ0v) is 18.2. The highest BCUT2D eigenvalue weighted by Gasteiger charge is 2.18. The second kappa shape index (κ2) is 12.2. The Morgan fingerprint density at radius 3 is 2.00 bits per heavy atom. The van der Waals surface area contributed by atoms with E-state index in [1.54, 1.807) is 5.56 Å². The molecule has 0 heterocycles. The molecule has 2 heteroatoms. The highest BCUT2D eigenvalue weighted by molar-refractivity contribution is 5.97. The molecule has 0 amide bonds. The van der Waals surface area contributed by atoms with Gasteiger partial charge in [-0.15, -0.1) is 0 Å². The molecule has 2 aliphatic rings. The fourth-order valence-corrected chi connectivity index (χ4v) is 4.97. The lowest BCUT2D eigenvalue weighted by molar-refractivity contribution is 0.260. The average Bonchev–Trinajstić information content (AvgIpc) is 2.80. The largest absolute Gasteiger partial charge is 0.419 e. The normalized spacial score (nSPS) is 18.3. The van der Waals surface area contributed by atoms with Crippen molar-refractivity contribution < 1.29 is 4.43 Å². The summed E-state index contributed by atoms with van der Waals surface area (Å²) >= 11 is 0. The van der Waals surface area contributed by atoms with Crippen LogP contribution in [-0.2, 0) is 4.43 Å². The van der Waals surface area contributed by atoms with Crippen molar-refractivity contribution in [3.63, 3.8) is 0 Å². The summed E-state index contributed by atoms with van der Waals surface area (Å²) < 4.78 is 4.85. The molecule has 0 unspecified atom stereocenters. The van der Waals surface area contributed by atoms with Gasteiger partial charge in [0.05, 0.1) is 0 Å². The highest BCUT2D eigenvalue weighted by atomic mass is 28.2. The van der Waals surface area contributed by atoms with Crippen LogP contribution in [0.2, 0.25) is 0 Å². The summed E-state index contributed by atoms with van der Waals surface area (Å²) in [7, 11) is 3.02. The lowest BCUT2D eigenvalue weighted by Gasteiger charge is -2.24. The second-order valence-electron chi connectivity index (χ2n) is 8.43. The van der Waals surface area contributed by atoms with Crippen LogP contribution in [-0.4, -0.2) is 17.1 Å². The van der Waals surface area contributed by atoms with E-state index in [0.29, 0.717) is 0 Å². The summed E-state index contributed by atoms with van der Waals surface area (Å²) in [5.41, 5.74) is 4.35. The minimum atomic E-state index is 0.773. The van der Waals surface area contributed by atoms with Crippen LogP contribution < -0.4 is 0 Å². The van der Waals surface area contributed by atoms with Crippen LogP contribution in [0.15, 0.2) is 54.6 Å². The quantitative estimate of drug-likeness (QED) is 0.481. The maximum Gasteiger partial charge on any atom is 0.246 e. The molecule has 2 fully saturated rings. The molecule has 2 aromatic carbocycles. The minimum Gasteiger partial charge on any atom is -0.419 e. The van der Waals surface area contributed by atoms with Crippen LogP contribution >= 0.6 is 0 Å². The van der Waals surface area contributed by atoms with E-state index in [2.05, 4.69) is 65.1 Å². The summed E-state index contributed by atoms with van der Waals surface area (Å²) in [5.74, 6) is 1.72. The molecule has 0 saturated heterocycles. The van der Waals surface area contributed by atoms with Gasteiger partial charge in [0.1, 0.15) is 0 Å². The Labute approximate surface area is 175 Å². The van der Waals surface area contributed by atoms with Crippen LogP contribution in [0.4, 0.5) is 0 Å². The standard InChI is InChI=1S/C18H20.C8H15OSi/c1-3-9-15(10-4-1)17-13-7-8-14-18(17)16-11-5-2-6-12-16;10-9-7-6-8-4-2-1-3-5-8/h1,3-4,7-10,13-14,16H,2,5-6,11-12H2;8H,1-7H2. The van der Waals surface area contributed by atoms with Crippen LogP contribution in [0, 0.1) is 5.92 Å². The van der Waals surface area contributed by atoms with Gasteiger partial charge in [-0.25, -0.2) is 0 Å². The van der Waals surface area contributed by atoms with Crippen molar-refractivity contribution in [3.8, 4) is 11.1 Å².